The molecule has 1 saturated heterocycles. The molecule has 2 aliphatic rings. The van der Waals surface area contributed by atoms with E-state index in [1.54, 1.807) is 0 Å². The highest BCUT2D eigenvalue weighted by molar-refractivity contribution is 5.86. The van der Waals surface area contributed by atoms with Gasteiger partial charge in [-0.25, -0.2) is 4.79 Å². The van der Waals surface area contributed by atoms with Crippen LogP contribution in [-0.4, -0.2) is 51.9 Å². The average molecular weight is 309 g/mol. The lowest BCUT2D eigenvalue weighted by Gasteiger charge is -2.35. The van der Waals surface area contributed by atoms with Gasteiger partial charge in [0.2, 0.25) is 5.91 Å². The Morgan fingerprint density at radius 2 is 1.76 bits per heavy atom. The molecule has 1 heterocycles. The van der Waals surface area contributed by atoms with Crippen LogP contribution in [0.1, 0.15) is 32.1 Å². The molecule has 0 aromatic heterocycles. The fourth-order valence-electron chi connectivity index (χ4n) is 3.32. The SMILES string of the molecule is O=C(O)C1CC(O)CN1C(=O)C1CCCCC1C(F)(F)F. The van der Waals surface area contributed by atoms with Crippen LogP contribution in [0.15, 0.2) is 0 Å². The summed E-state index contributed by atoms with van der Waals surface area (Å²) in [7, 11) is 0. The molecule has 1 aliphatic heterocycles. The molecule has 0 bridgehead atoms. The summed E-state index contributed by atoms with van der Waals surface area (Å²) >= 11 is 0. The largest absolute Gasteiger partial charge is 0.480 e. The van der Waals surface area contributed by atoms with Crippen LogP contribution in [0.4, 0.5) is 13.2 Å². The van der Waals surface area contributed by atoms with Crippen molar-refractivity contribution in [2.45, 2.75) is 50.4 Å². The molecule has 1 saturated carbocycles. The van der Waals surface area contributed by atoms with Gasteiger partial charge in [0.1, 0.15) is 6.04 Å². The molecule has 0 aromatic carbocycles. The molecule has 2 fully saturated rings. The number of β-amino-alcohol motifs (C(OH)–C–C–N with tert-alkyl or cyclic N) is 1. The lowest BCUT2D eigenvalue weighted by Crippen LogP contribution is -2.48. The Balaban J connectivity index is 2.18. The highest BCUT2D eigenvalue weighted by atomic mass is 19.4. The van der Waals surface area contributed by atoms with Gasteiger partial charge in [0.05, 0.1) is 12.0 Å². The van der Waals surface area contributed by atoms with Gasteiger partial charge < -0.3 is 15.1 Å². The van der Waals surface area contributed by atoms with E-state index >= 15 is 0 Å². The molecule has 0 spiro atoms. The minimum absolute atomic E-state index is 0.103. The second kappa shape index (κ2) is 5.82. The number of carboxylic acid groups (broad SMARTS) is 1. The molecular weight excluding hydrogens is 291 g/mol. The van der Waals surface area contributed by atoms with Gasteiger partial charge in [0.15, 0.2) is 0 Å². The smallest absolute Gasteiger partial charge is 0.392 e. The van der Waals surface area contributed by atoms with Crippen LogP contribution in [0.25, 0.3) is 0 Å². The third-order valence-electron chi connectivity index (χ3n) is 4.35. The van der Waals surface area contributed by atoms with E-state index in [0.717, 1.165) is 4.90 Å². The number of aliphatic hydroxyl groups is 1. The Hall–Kier alpha value is -1.31. The predicted molar refractivity (Wildman–Crippen MR) is 65.3 cm³/mol. The second-order valence-corrected chi connectivity index (χ2v) is 5.77. The van der Waals surface area contributed by atoms with E-state index in [1.165, 1.54) is 0 Å². The molecule has 21 heavy (non-hydrogen) atoms. The Kier molecular flexibility index (Phi) is 4.46. The van der Waals surface area contributed by atoms with Crippen LogP contribution >= 0.6 is 0 Å². The van der Waals surface area contributed by atoms with E-state index in [2.05, 4.69) is 0 Å². The van der Waals surface area contributed by atoms with Crippen molar-refractivity contribution in [1.29, 1.82) is 0 Å². The van der Waals surface area contributed by atoms with E-state index in [1.807, 2.05) is 0 Å². The first kappa shape index (κ1) is 16.1. The Labute approximate surface area is 119 Å². The van der Waals surface area contributed by atoms with Gasteiger partial charge in [0.25, 0.3) is 0 Å². The molecule has 120 valence electrons. The summed E-state index contributed by atoms with van der Waals surface area (Å²) in [6.45, 7) is -0.211. The van der Waals surface area contributed by atoms with Crippen LogP contribution < -0.4 is 0 Å². The number of hydrogen-bond donors (Lipinski definition) is 2. The summed E-state index contributed by atoms with van der Waals surface area (Å²) in [5.41, 5.74) is 0. The molecule has 5 nitrogen and oxygen atoms in total. The van der Waals surface area contributed by atoms with Crippen LogP contribution in [0.2, 0.25) is 0 Å². The van der Waals surface area contributed by atoms with Gasteiger partial charge in [-0.05, 0) is 12.8 Å². The average Bonchev–Trinajstić information content (AvgIpc) is 2.79. The third-order valence-corrected chi connectivity index (χ3v) is 4.35. The van der Waals surface area contributed by atoms with Gasteiger partial charge in [-0.2, -0.15) is 13.2 Å². The van der Waals surface area contributed by atoms with Crippen molar-refractivity contribution in [3.8, 4) is 0 Å². The molecule has 0 aromatic rings. The number of carbonyl (C=O) groups is 2. The van der Waals surface area contributed by atoms with Crippen molar-refractivity contribution in [1.82, 2.24) is 4.90 Å². The Morgan fingerprint density at radius 1 is 1.14 bits per heavy atom. The van der Waals surface area contributed by atoms with Gasteiger partial charge in [-0.3, -0.25) is 4.79 Å². The van der Waals surface area contributed by atoms with Crippen LogP contribution in [-0.2, 0) is 9.59 Å². The molecular formula is C13H18F3NO4. The van der Waals surface area contributed by atoms with Crippen LogP contribution in [0, 0.1) is 11.8 Å². The van der Waals surface area contributed by atoms with Gasteiger partial charge in [-0.15, -0.1) is 0 Å². The van der Waals surface area contributed by atoms with Gasteiger partial charge in [-0.1, -0.05) is 12.8 Å². The molecule has 8 heteroatoms. The van der Waals surface area contributed by atoms with Crippen molar-refractivity contribution in [3.05, 3.63) is 0 Å². The lowest BCUT2D eigenvalue weighted by molar-refractivity contribution is -0.201. The number of carboxylic acids is 1. The minimum atomic E-state index is -4.46. The van der Waals surface area contributed by atoms with E-state index in [4.69, 9.17) is 5.11 Å². The number of halogens is 3. The fraction of sp³-hybridized carbons (Fsp3) is 0.846. The van der Waals surface area contributed by atoms with Crippen molar-refractivity contribution in [3.63, 3.8) is 0 Å². The first-order valence-corrected chi connectivity index (χ1v) is 7.00. The zero-order valence-electron chi connectivity index (χ0n) is 11.3. The maximum absolute atomic E-state index is 13.0. The highest BCUT2D eigenvalue weighted by Gasteiger charge is 2.51. The first-order chi connectivity index (χ1) is 9.71. The number of amides is 1. The first-order valence-electron chi connectivity index (χ1n) is 7.00. The summed E-state index contributed by atoms with van der Waals surface area (Å²) in [5, 5.41) is 18.6. The van der Waals surface area contributed by atoms with Crippen molar-refractivity contribution in [2.24, 2.45) is 11.8 Å². The fourth-order valence-corrected chi connectivity index (χ4v) is 3.32. The number of rotatable bonds is 2. The normalized spacial score (nSPS) is 34.0. The van der Waals surface area contributed by atoms with E-state index < -0.39 is 42.0 Å². The lowest BCUT2D eigenvalue weighted by atomic mass is 9.78. The molecule has 1 aliphatic carbocycles. The van der Waals surface area contributed by atoms with Crippen molar-refractivity contribution < 1.29 is 33.0 Å². The monoisotopic (exact) mass is 309 g/mol. The zero-order valence-corrected chi connectivity index (χ0v) is 11.3. The Bertz CT molecular complexity index is 426. The summed E-state index contributed by atoms with van der Waals surface area (Å²) in [6.07, 6.45) is -4.64. The molecule has 4 atom stereocenters. The predicted octanol–water partition coefficient (Wildman–Crippen LogP) is 1.40. The number of likely N-dealkylation sites (tertiary alicyclic amines) is 1. The van der Waals surface area contributed by atoms with Gasteiger partial charge >= 0.3 is 12.1 Å². The number of nitrogens with zero attached hydrogens (tertiary/aromatic N) is 1. The summed E-state index contributed by atoms with van der Waals surface area (Å²) in [5.74, 6) is -5.03. The highest BCUT2D eigenvalue weighted by Crippen LogP contribution is 2.42. The van der Waals surface area contributed by atoms with Gasteiger partial charge in [0, 0.05) is 18.9 Å². The quantitative estimate of drug-likeness (QED) is 0.808. The van der Waals surface area contributed by atoms with Crippen LogP contribution in [0.3, 0.4) is 0 Å². The number of carbonyl (C=O) groups excluding carboxylic acids is 1. The number of hydrogen-bond acceptors (Lipinski definition) is 3. The number of aliphatic hydroxyl groups excluding tert-OH is 1. The number of aliphatic carboxylic acids is 1. The molecule has 1 amide bonds. The van der Waals surface area contributed by atoms with E-state index in [0.29, 0.717) is 12.8 Å². The number of alkyl halides is 3. The second-order valence-electron chi connectivity index (χ2n) is 5.77. The summed E-state index contributed by atoms with van der Waals surface area (Å²) < 4.78 is 39.1. The molecule has 2 rings (SSSR count). The van der Waals surface area contributed by atoms with E-state index in [-0.39, 0.29) is 25.8 Å². The topological polar surface area (TPSA) is 77.8 Å². The zero-order chi connectivity index (χ0) is 15.8. The van der Waals surface area contributed by atoms with Crippen LogP contribution in [0.5, 0.6) is 0 Å². The standard InChI is InChI=1S/C13H18F3NO4/c14-13(15,16)9-4-2-1-3-8(9)11(19)17-6-7(18)5-10(17)12(20)21/h7-10,18H,1-6H2,(H,20,21). The maximum Gasteiger partial charge on any atom is 0.392 e. The molecule has 4 unspecified atom stereocenters. The molecule has 2 N–H and O–H groups in total. The molecule has 0 radical (unpaired) electrons. The Morgan fingerprint density at radius 3 is 2.33 bits per heavy atom. The summed E-state index contributed by atoms with van der Waals surface area (Å²) in [6, 6.07) is -1.23. The summed E-state index contributed by atoms with van der Waals surface area (Å²) in [4.78, 5) is 24.4. The van der Waals surface area contributed by atoms with Crippen molar-refractivity contribution >= 4 is 11.9 Å². The third kappa shape index (κ3) is 3.30. The minimum Gasteiger partial charge on any atom is -0.480 e. The van der Waals surface area contributed by atoms with E-state index in [9.17, 15) is 27.9 Å². The maximum atomic E-state index is 13.0. The van der Waals surface area contributed by atoms with Crippen molar-refractivity contribution in [2.75, 3.05) is 6.54 Å².